The molecule has 0 N–H and O–H groups in total. The fourth-order valence-corrected chi connectivity index (χ4v) is 0. The smallest absolute Gasteiger partial charge is 0.0383 e. The summed E-state index contributed by atoms with van der Waals surface area (Å²) < 4.78 is 0. The first-order valence-corrected chi connectivity index (χ1v) is 3.44. The van der Waals surface area contributed by atoms with Crippen LogP contribution >= 0.6 is 22.6 Å². The summed E-state index contributed by atoms with van der Waals surface area (Å²) in [7, 11) is 0. The lowest BCUT2D eigenvalue weighted by molar-refractivity contribution is -0.302. The van der Waals surface area contributed by atoms with Crippen molar-refractivity contribution in [1.29, 1.82) is 0 Å². The van der Waals surface area contributed by atoms with Crippen LogP contribution in [0.4, 0.5) is 0 Å². The largest absolute Gasteiger partial charge is 0.550 e. The van der Waals surface area contributed by atoms with Crippen LogP contribution in [0, 0.1) is 0 Å². The standard InChI is InChI=1S/C2H4O2.CH3I/c1-2(3)4;1-2/h1H3,(H,3,4);1H3/p-1. The van der Waals surface area contributed by atoms with E-state index < -0.39 is 5.97 Å². The molecular weight excluding hydrogens is 195 g/mol. The Morgan fingerprint density at radius 3 is 1.67 bits per heavy atom. The molecule has 0 aliphatic heterocycles. The van der Waals surface area contributed by atoms with Gasteiger partial charge in [0, 0.05) is 5.97 Å². The molecular formula is C3H6IO2-. The number of carboxylic acids is 1. The summed E-state index contributed by atoms with van der Waals surface area (Å²) in [5.41, 5.74) is 0. The van der Waals surface area contributed by atoms with Crippen molar-refractivity contribution in [1.82, 2.24) is 0 Å². The average Bonchev–Trinajstić information content (AvgIpc) is 1.41. The average molecular weight is 201 g/mol. The van der Waals surface area contributed by atoms with Crippen LogP contribution in [0.3, 0.4) is 0 Å². The van der Waals surface area contributed by atoms with E-state index in [-0.39, 0.29) is 0 Å². The number of alkyl halides is 1. The Morgan fingerprint density at radius 2 is 1.67 bits per heavy atom. The monoisotopic (exact) mass is 201 g/mol. The van der Waals surface area contributed by atoms with Crippen molar-refractivity contribution in [3.05, 3.63) is 0 Å². The number of aliphatic carboxylic acids is 1. The molecule has 0 radical (unpaired) electrons. The van der Waals surface area contributed by atoms with Gasteiger partial charge in [0.2, 0.25) is 0 Å². The van der Waals surface area contributed by atoms with E-state index in [1.807, 2.05) is 4.93 Å². The topological polar surface area (TPSA) is 40.1 Å². The predicted octanol–water partition coefficient (Wildman–Crippen LogP) is -0.193. The molecule has 3 heteroatoms. The molecule has 0 saturated heterocycles. The van der Waals surface area contributed by atoms with E-state index >= 15 is 0 Å². The third-order valence-electron chi connectivity index (χ3n) is 0. The van der Waals surface area contributed by atoms with Crippen LogP contribution in [0.15, 0.2) is 0 Å². The Bertz CT molecular complexity index is 31.8. The van der Waals surface area contributed by atoms with E-state index in [0.717, 1.165) is 6.92 Å². The van der Waals surface area contributed by atoms with Gasteiger partial charge in [0.15, 0.2) is 0 Å². The number of carbonyl (C=O) groups excluding carboxylic acids is 1. The molecule has 0 atom stereocenters. The fraction of sp³-hybridized carbons (Fsp3) is 0.667. The van der Waals surface area contributed by atoms with E-state index in [4.69, 9.17) is 9.90 Å². The van der Waals surface area contributed by atoms with Crippen molar-refractivity contribution in [2.45, 2.75) is 6.92 Å². The van der Waals surface area contributed by atoms with Crippen molar-refractivity contribution in [2.24, 2.45) is 0 Å². The van der Waals surface area contributed by atoms with Crippen molar-refractivity contribution in [3.63, 3.8) is 0 Å². The van der Waals surface area contributed by atoms with Gasteiger partial charge in [0.05, 0.1) is 0 Å². The molecule has 0 aromatic rings. The van der Waals surface area contributed by atoms with E-state index in [1.165, 1.54) is 0 Å². The van der Waals surface area contributed by atoms with Crippen LogP contribution < -0.4 is 5.11 Å². The SMILES string of the molecule is CC(=O)[O-].CI. The zero-order chi connectivity index (χ0) is 5.58. The van der Waals surface area contributed by atoms with Crippen LogP contribution in [0.25, 0.3) is 0 Å². The second kappa shape index (κ2) is 8.96. The van der Waals surface area contributed by atoms with Crippen LogP contribution in [-0.2, 0) is 4.79 Å². The first-order chi connectivity index (χ1) is 2.73. The molecule has 0 aliphatic carbocycles. The zero-order valence-electron chi connectivity index (χ0n) is 3.69. The summed E-state index contributed by atoms with van der Waals surface area (Å²) in [6.45, 7) is 0.972. The maximum atomic E-state index is 8.89. The molecule has 0 unspecified atom stereocenters. The van der Waals surface area contributed by atoms with E-state index in [1.54, 1.807) is 0 Å². The highest BCUT2D eigenvalue weighted by Gasteiger charge is 1.46. The van der Waals surface area contributed by atoms with Gasteiger partial charge in [-0.25, -0.2) is 0 Å². The highest BCUT2D eigenvalue weighted by molar-refractivity contribution is 14.1. The Morgan fingerprint density at radius 1 is 1.67 bits per heavy atom. The van der Waals surface area contributed by atoms with Gasteiger partial charge in [-0.2, -0.15) is 0 Å². The van der Waals surface area contributed by atoms with E-state index in [9.17, 15) is 0 Å². The maximum Gasteiger partial charge on any atom is 0.0383 e. The van der Waals surface area contributed by atoms with Crippen molar-refractivity contribution >= 4 is 28.6 Å². The molecule has 0 fully saturated rings. The van der Waals surface area contributed by atoms with Crippen LogP contribution in [0.2, 0.25) is 0 Å². The molecule has 6 heavy (non-hydrogen) atoms. The van der Waals surface area contributed by atoms with Crippen molar-refractivity contribution < 1.29 is 9.90 Å². The van der Waals surface area contributed by atoms with Crippen molar-refractivity contribution in [3.8, 4) is 0 Å². The van der Waals surface area contributed by atoms with Crippen LogP contribution in [-0.4, -0.2) is 10.9 Å². The van der Waals surface area contributed by atoms with Gasteiger partial charge >= 0.3 is 0 Å². The molecule has 0 aliphatic rings. The number of carbonyl (C=O) groups is 1. The molecule has 0 aromatic carbocycles. The Hall–Kier alpha value is 0.200. The Labute approximate surface area is 50.7 Å². The molecule has 0 spiro atoms. The first-order valence-electron chi connectivity index (χ1n) is 1.29. The Kier molecular flexibility index (Phi) is 14.2. The summed E-state index contributed by atoms with van der Waals surface area (Å²) in [6, 6.07) is 0. The second-order valence-electron chi connectivity index (χ2n) is 0.492. The lowest BCUT2D eigenvalue weighted by Crippen LogP contribution is -2.16. The van der Waals surface area contributed by atoms with Gasteiger partial charge in [-0.05, 0) is 11.9 Å². The summed E-state index contributed by atoms with van der Waals surface area (Å²) in [6.07, 6.45) is 0. The lowest BCUT2D eigenvalue weighted by Gasteiger charge is -1.77. The van der Waals surface area contributed by atoms with Gasteiger partial charge in [0.25, 0.3) is 0 Å². The molecule has 0 aromatic heterocycles. The highest BCUT2D eigenvalue weighted by Crippen LogP contribution is 1.48. The number of carboxylic acid groups (broad SMARTS) is 1. The van der Waals surface area contributed by atoms with Gasteiger partial charge in [-0.1, -0.05) is 22.6 Å². The summed E-state index contributed by atoms with van der Waals surface area (Å²) in [5.74, 6) is -1.08. The summed E-state index contributed by atoms with van der Waals surface area (Å²) in [5, 5.41) is 8.89. The molecule has 0 saturated carbocycles. The zero-order valence-corrected chi connectivity index (χ0v) is 5.85. The minimum absolute atomic E-state index is 0.972. The highest BCUT2D eigenvalue weighted by atomic mass is 127. The number of hydrogen-bond donors (Lipinski definition) is 0. The van der Waals surface area contributed by atoms with Crippen LogP contribution in [0.5, 0.6) is 0 Å². The first kappa shape index (κ1) is 9.50. The summed E-state index contributed by atoms with van der Waals surface area (Å²) >= 11 is 2.15. The van der Waals surface area contributed by atoms with Crippen molar-refractivity contribution in [2.75, 3.05) is 4.93 Å². The van der Waals surface area contributed by atoms with E-state index in [2.05, 4.69) is 22.6 Å². The normalized spacial score (nSPS) is 5.17. The second-order valence-corrected chi connectivity index (χ2v) is 0.492. The third kappa shape index (κ3) is 1080. The minimum Gasteiger partial charge on any atom is -0.550 e. The van der Waals surface area contributed by atoms with Crippen LogP contribution in [0.1, 0.15) is 6.92 Å². The van der Waals surface area contributed by atoms with E-state index in [0.29, 0.717) is 0 Å². The number of halogens is 1. The molecule has 38 valence electrons. The number of rotatable bonds is 0. The lowest BCUT2D eigenvalue weighted by atomic mass is 10.9. The quantitative estimate of drug-likeness (QED) is 0.402. The molecule has 0 heterocycles. The van der Waals surface area contributed by atoms with Gasteiger partial charge in [-0.3, -0.25) is 0 Å². The summed E-state index contributed by atoms with van der Waals surface area (Å²) in [4.78, 5) is 10.9. The predicted molar refractivity (Wildman–Crippen MR) is 30.6 cm³/mol. The molecule has 0 amide bonds. The number of hydrogen-bond acceptors (Lipinski definition) is 2. The fourth-order valence-electron chi connectivity index (χ4n) is 0. The van der Waals surface area contributed by atoms with Gasteiger partial charge in [0.1, 0.15) is 0 Å². The van der Waals surface area contributed by atoms with Gasteiger partial charge in [-0.15, -0.1) is 0 Å². The third-order valence-corrected chi connectivity index (χ3v) is 0. The molecule has 2 nitrogen and oxygen atoms in total. The Balaban J connectivity index is 0. The van der Waals surface area contributed by atoms with Gasteiger partial charge < -0.3 is 9.90 Å². The minimum atomic E-state index is -1.08. The maximum absolute atomic E-state index is 8.89. The molecule has 0 rings (SSSR count). The molecule has 0 bridgehead atoms.